The van der Waals surface area contributed by atoms with Crippen molar-refractivity contribution >= 4 is 17.6 Å². The molecule has 2 amide bonds. The molecule has 1 aliphatic carbocycles. The average Bonchev–Trinajstić information content (AvgIpc) is 3.70. The Morgan fingerprint density at radius 3 is 2.00 bits per heavy atom. The zero-order valence-corrected chi connectivity index (χ0v) is 17.8. The van der Waals surface area contributed by atoms with Crippen LogP contribution in [0.4, 0.5) is 5.82 Å². The van der Waals surface area contributed by atoms with Crippen molar-refractivity contribution in [2.45, 2.75) is 25.7 Å². The van der Waals surface area contributed by atoms with Crippen LogP contribution < -0.4 is 4.90 Å². The number of likely N-dealkylation sites (tertiary alicyclic amines) is 1. The van der Waals surface area contributed by atoms with Gasteiger partial charge in [0.15, 0.2) is 5.82 Å². The topological polar surface area (TPSA) is 69.6 Å². The second-order valence-electron chi connectivity index (χ2n) is 8.79. The van der Waals surface area contributed by atoms with E-state index in [0.717, 1.165) is 69.1 Å². The Labute approximate surface area is 183 Å². The van der Waals surface area contributed by atoms with Crippen LogP contribution in [0.5, 0.6) is 0 Å². The summed E-state index contributed by atoms with van der Waals surface area (Å²) in [7, 11) is 0. The van der Waals surface area contributed by atoms with Gasteiger partial charge in [-0.25, -0.2) is 9.97 Å². The molecule has 7 heteroatoms. The van der Waals surface area contributed by atoms with Gasteiger partial charge in [-0.3, -0.25) is 9.59 Å². The van der Waals surface area contributed by atoms with E-state index in [9.17, 15) is 9.59 Å². The van der Waals surface area contributed by atoms with Crippen LogP contribution in [0.3, 0.4) is 0 Å². The zero-order chi connectivity index (χ0) is 21.2. The lowest BCUT2D eigenvalue weighted by Crippen LogP contribution is -2.52. The van der Waals surface area contributed by atoms with Crippen LogP contribution in [0.2, 0.25) is 0 Å². The highest BCUT2D eigenvalue weighted by atomic mass is 16.2. The van der Waals surface area contributed by atoms with Crippen LogP contribution in [-0.2, 0) is 9.59 Å². The minimum absolute atomic E-state index is 0.0542. The molecule has 162 valence electrons. The first-order chi connectivity index (χ1) is 15.2. The van der Waals surface area contributed by atoms with E-state index in [1.165, 1.54) is 0 Å². The van der Waals surface area contributed by atoms with Crippen LogP contribution in [-0.4, -0.2) is 70.9 Å². The van der Waals surface area contributed by atoms with Gasteiger partial charge in [-0.1, -0.05) is 30.3 Å². The van der Waals surface area contributed by atoms with Crippen molar-refractivity contribution in [3.63, 3.8) is 0 Å². The van der Waals surface area contributed by atoms with E-state index < -0.39 is 0 Å². The Balaban J connectivity index is 1.15. The fraction of sp³-hybridized carbons (Fsp3) is 0.500. The highest BCUT2D eigenvalue weighted by Gasteiger charge is 2.37. The van der Waals surface area contributed by atoms with Crippen LogP contribution in [0, 0.1) is 11.8 Å². The fourth-order valence-electron chi connectivity index (χ4n) is 4.60. The van der Waals surface area contributed by atoms with Crippen molar-refractivity contribution in [1.82, 2.24) is 19.8 Å². The Morgan fingerprint density at radius 2 is 1.35 bits per heavy atom. The Kier molecular flexibility index (Phi) is 5.57. The van der Waals surface area contributed by atoms with Gasteiger partial charge >= 0.3 is 0 Å². The number of piperidine rings is 1. The lowest BCUT2D eigenvalue weighted by atomic mass is 9.94. The average molecular weight is 420 g/mol. The number of hydrogen-bond donors (Lipinski definition) is 0. The zero-order valence-electron chi connectivity index (χ0n) is 17.8. The minimum Gasteiger partial charge on any atom is -0.353 e. The van der Waals surface area contributed by atoms with Gasteiger partial charge in [-0.15, -0.1) is 0 Å². The van der Waals surface area contributed by atoms with E-state index in [0.29, 0.717) is 19.0 Å². The molecular formula is C24H29N5O2. The number of anilines is 1. The molecule has 0 spiro atoms. The van der Waals surface area contributed by atoms with Crippen molar-refractivity contribution in [2.75, 3.05) is 44.2 Å². The number of aromatic nitrogens is 2. The van der Waals surface area contributed by atoms with Crippen molar-refractivity contribution in [3.05, 3.63) is 42.6 Å². The number of piperazine rings is 1. The van der Waals surface area contributed by atoms with Gasteiger partial charge in [0.25, 0.3) is 0 Å². The Morgan fingerprint density at radius 1 is 0.742 bits per heavy atom. The number of carbonyl (C=O) groups is 2. The van der Waals surface area contributed by atoms with Crippen molar-refractivity contribution in [3.8, 4) is 11.4 Å². The van der Waals surface area contributed by atoms with Gasteiger partial charge in [0.1, 0.15) is 5.82 Å². The summed E-state index contributed by atoms with van der Waals surface area (Å²) >= 11 is 0. The second-order valence-corrected chi connectivity index (χ2v) is 8.79. The molecule has 0 radical (unpaired) electrons. The maximum absolute atomic E-state index is 13.0. The van der Waals surface area contributed by atoms with E-state index in [4.69, 9.17) is 4.98 Å². The maximum atomic E-state index is 13.0. The largest absolute Gasteiger partial charge is 0.353 e. The predicted octanol–water partition coefficient (Wildman–Crippen LogP) is 2.44. The summed E-state index contributed by atoms with van der Waals surface area (Å²) in [6, 6.07) is 11.9. The molecule has 1 aromatic heterocycles. The molecule has 1 aromatic carbocycles. The third-order valence-electron chi connectivity index (χ3n) is 6.67. The predicted molar refractivity (Wildman–Crippen MR) is 118 cm³/mol. The number of rotatable bonds is 4. The summed E-state index contributed by atoms with van der Waals surface area (Å²) in [6.07, 6.45) is 5.48. The summed E-state index contributed by atoms with van der Waals surface area (Å²) in [5.74, 6) is 2.52. The van der Waals surface area contributed by atoms with Crippen molar-refractivity contribution in [1.29, 1.82) is 0 Å². The van der Waals surface area contributed by atoms with E-state index in [-0.39, 0.29) is 17.7 Å². The number of benzene rings is 1. The second kappa shape index (κ2) is 8.65. The van der Waals surface area contributed by atoms with Gasteiger partial charge < -0.3 is 14.7 Å². The summed E-state index contributed by atoms with van der Waals surface area (Å²) in [4.78, 5) is 40.6. The highest BCUT2D eigenvalue weighted by molar-refractivity contribution is 5.82. The summed E-state index contributed by atoms with van der Waals surface area (Å²) in [5.41, 5.74) is 1.00. The van der Waals surface area contributed by atoms with E-state index in [1.54, 1.807) is 6.20 Å². The first-order valence-corrected chi connectivity index (χ1v) is 11.4. The van der Waals surface area contributed by atoms with E-state index in [1.807, 2.05) is 46.2 Å². The lowest BCUT2D eigenvalue weighted by Gasteiger charge is -2.39. The molecule has 2 aromatic rings. The molecule has 5 rings (SSSR count). The summed E-state index contributed by atoms with van der Waals surface area (Å²) in [5, 5.41) is 0. The third-order valence-corrected chi connectivity index (χ3v) is 6.67. The van der Waals surface area contributed by atoms with Gasteiger partial charge in [-0.2, -0.15) is 0 Å². The SMILES string of the molecule is O=C(C1CC1)N1CCC(C(=O)N2CCN(c3ccnc(-c4ccccc4)n3)CC2)CC1. The summed E-state index contributed by atoms with van der Waals surface area (Å²) in [6.45, 7) is 4.44. The molecule has 0 bridgehead atoms. The lowest BCUT2D eigenvalue weighted by molar-refractivity contribution is -0.141. The van der Waals surface area contributed by atoms with Crippen LogP contribution in [0.25, 0.3) is 11.4 Å². The molecule has 0 N–H and O–H groups in total. The van der Waals surface area contributed by atoms with E-state index >= 15 is 0 Å². The molecule has 2 saturated heterocycles. The molecule has 2 aliphatic heterocycles. The van der Waals surface area contributed by atoms with Crippen LogP contribution in [0.1, 0.15) is 25.7 Å². The molecule has 7 nitrogen and oxygen atoms in total. The smallest absolute Gasteiger partial charge is 0.225 e. The number of carbonyl (C=O) groups excluding carboxylic acids is 2. The van der Waals surface area contributed by atoms with Gasteiger partial charge in [0, 0.05) is 62.9 Å². The first kappa shape index (κ1) is 20.0. The first-order valence-electron chi connectivity index (χ1n) is 11.4. The molecule has 3 heterocycles. The molecular weight excluding hydrogens is 390 g/mol. The number of nitrogens with zero attached hydrogens (tertiary/aromatic N) is 5. The third kappa shape index (κ3) is 4.40. The van der Waals surface area contributed by atoms with Gasteiger partial charge in [0.05, 0.1) is 0 Å². The monoisotopic (exact) mass is 419 g/mol. The quantitative estimate of drug-likeness (QED) is 0.761. The normalized spacial score (nSPS) is 20.1. The maximum Gasteiger partial charge on any atom is 0.225 e. The van der Waals surface area contributed by atoms with Crippen LogP contribution >= 0.6 is 0 Å². The minimum atomic E-state index is 0.0542. The molecule has 31 heavy (non-hydrogen) atoms. The number of hydrogen-bond acceptors (Lipinski definition) is 5. The standard InChI is InChI=1S/C24H29N5O2/c30-23(19-6-7-19)28-12-9-20(10-13-28)24(31)29-16-14-27(15-17-29)21-8-11-25-22(26-21)18-4-2-1-3-5-18/h1-5,8,11,19-20H,6-7,9-10,12-17H2. The Bertz CT molecular complexity index is 930. The fourth-order valence-corrected chi connectivity index (χ4v) is 4.60. The molecule has 1 saturated carbocycles. The van der Waals surface area contributed by atoms with Gasteiger partial charge in [0.2, 0.25) is 11.8 Å². The Hall–Kier alpha value is -2.96. The molecule has 0 unspecified atom stereocenters. The van der Waals surface area contributed by atoms with Crippen LogP contribution in [0.15, 0.2) is 42.6 Å². The molecule has 3 fully saturated rings. The van der Waals surface area contributed by atoms with Crippen molar-refractivity contribution in [2.24, 2.45) is 11.8 Å². The van der Waals surface area contributed by atoms with Crippen molar-refractivity contribution < 1.29 is 9.59 Å². The molecule has 3 aliphatic rings. The number of amides is 2. The summed E-state index contributed by atoms with van der Waals surface area (Å²) < 4.78 is 0. The van der Waals surface area contributed by atoms with E-state index in [2.05, 4.69) is 9.88 Å². The van der Waals surface area contributed by atoms with Gasteiger partial charge in [-0.05, 0) is 31.7 Å². The highest BCUT2D eigenvalue weighted by Crippen LogP contribution is 2.32. The molecule has 0 atom stereocenters.